The highest BCUT2D eigenvalue weighted by Crippen LogP contribution is 2.36. The van der Waals surface area contributed by atoms with Gasteiger partial charge in [0.25, 0.3) is 8.32 Å². The lowest BCUT2D eigenvalue weighted by Crippen LogP contribution is -2.39. The smallest absolute Gasteiger partial charge is 0.286 e. The Morgan fingerprint density at radius 2 is 1.63 bits per heavy atom. The molecule has 0 bridgehead atoms. The van der Waals surface area contributed by atoms with E-state index < -0.39 is 8.32 Å². The molecule has 4 heteroatoms. The van der Waals surface area contributed by atoms with Gasteiger partial charge in [-0.2, -0.15) is 0 Å². The van der Waals surface area contributed by atoms with Gasteiger partial charge in [-0.15, -0.1) is 5.16 Å². The Morgan fingerprint density at radius 3 is 2.05 bits per heavy atom. The summed E-state index contributed by atoms with van der Waals surface area (Å²) < 4.78 is 11.0. The predicted molar refractivity (Wildman–Crippen MR) is 83.5 cm³/mol. The topological polar surface area (TPSA) is 30.8 Å². The zero-order valence-corrected chi connectivity index (χ0v) is 14.1. The summed E-state index contributed by atoms with van der Waals surface area (Å²) in [5.41, 5.74) is 1.95. The molecule has 3 nitrogen and oxygen atoms in total. The van der Waals surface area contributed by atoms with Crippen LogP contribution in [0.1, 0.15) is 33.3 Å². The van der Waals surface area contributed by atoms with Gasteiger partial charge in [-0.25, -0.2) is 0 Å². The van der Waals surface area contributed by atoms with E-state index in [0.29, 0.717) is 0 Å². The first-order valence-corrected chi connectivity index (χ1v) is 9.45. The zero-order valence-electron chi connectivity index (χ0n) is 13.1. The van der Waals surface area contributed by atoms with Crippen molar-refractivity contribution >= 4 is 14.0 Å². The van der Waals surface area contributed by atoms with Crippen LogP contribution in [-0.4, -0.2) is 21.1 Å². The Morgan fingerprint density at radius 1 is 1.11 bits per heavy atom. The summed E-state index contributed by atoms with van der Waals surface area (Å²) in [6.07, 6.45) is 0. The lowest BCUT2D eigenvalue weighted by Gasteiger charge is -2.33. The molecule has 0 amide bonds. The van der Waals surface area contributed by atoms with Gasteiger partial charge in [0.15, 0.2) is 0 Å². The van der Waals surface area contributed by atoms with Crippen LogP contribution in [-0.2, 0) is 4.53 Å². The van der Waals surface area contributed by atoms with E-state index in [0.717, 1.165) is 17.0 Å². The number of hydrogen-bond donors (Lipinski definition) is 0. The molecule has 0 aliphatic carbocycles. The fraction of sp³-hybridized carbons (Fsp3) is 0.533. The minimum atomic E-state index is -1.83. The van der Waals surface area contributed by atoms with Crippen molar-refractivity contribution in [3.05, 3.63) is 29.8 Å². The molecule has 0 aliphatic rings. The molecule has 0 fully saturated rings. The molecule has 0 saturated heterocycles. The average molecular weight is 279 g/mol. The monoisotopic (exact) mass is 279 g/mol. The van der Waals surface area contributed by atoms with Gasteiger partial charge in [0.05, 0.1) is 12.8 Å². The zero-order chi connectivity index (χ0) is 14.7. The Kier molecular flexibility index (Phi) is 4.79. The molecular formula is C15H25NO2Si. The maximum absolute atomic E-state index is 5.86. The van der Waals surface area contributed by atoms with Gasteiger partial charge in [0.2, 0.25) is 0 Å². The van der Waals surface area contributed by atoms with Crippen molar-refractivity contribution in [2.24, 2.45) is 5.16 Å². The third kappa shape index (κ3) is 4.09. The highest BCUT2D eigenvalue weighted by molar-refractivity contribution is 6.74. The maximum atomic E-state index is 5.86. The van der Waals surface area contributed by atoms with Gasteiger partial charge in [-0.3, -0.25) is 0 Å². The van der Waals surface area contributed by atoms with E-state index >= 15 is 0 Å². The van der Waals surface area contributed by atoms with Crippen molar-refractivity contribution in [3.63, 3.8) is 0 Å². The summed E-state index contributed by atoms with van der Waals surface area (Å²) in [5.74, 6) is 0.849. The van der Waals surface area contributed by atoms with Crippen LogP contribution in [0.2, 0.25) is 18.1 Å². The molecule has 1 rings (SSSR count). The first kappa shape index (κ1) is 15.8. The summed E-state index contributed by atoms with van der Waals surface area (Å²) in [4.78, 5) is 0. The van der Waals surface area contributed by atoms with Gasteiger partial charge in [-0.1, -0.05) is 20.8 Å². The van der Waals surface area contributed by atoms with Crippen LogP contribution >= 0.6 is 0 Å². The van der Waals surface area contributed by atoms with E-state index in [1.54, 1.807) is 7.11 Å². The van der Waals surface area contributed by atoms with Crippen LogP contribution < -0.4 is 4.74 Å². The molecule has 0 atom stereocenters. The number of oxime groups is 1. The fourth-order valence-electron chi connectivity index (χ4n) is 1.20. The fourth-order valence-corrected chi connectivity index (χ4v) is 1.84. The van der Waals surface area contributed by atoms with Crippen LogP contribution in [0.5, 0.6) is 5.75 Å². The molecular weight excluding hydrogens is 254 g/mol. The number of benzene rings is 1. The number of ether oxygens (including phenoxy) is 1. The summed E-state index contributed by atoms with van der Waals surface area (Å²) in [5, 5.41) is 4.49. The van der Waals surface area contributed by atoms with E-state index in [1.165, 1.54) is 0 Å². The highest BCUT2D eigenvalue weighted by Gasteiger charge is 2.39. The molecule has 1 aromatic rings. The van der Waals surface area contributed by atoms with Crippen molar-refractivity contribution in [3.8, 4) is 5.75 Å². The standard InChI is InChI=1S/C15H25NO2Si/c1-12(13-8-10-14(17-5)11-9-13)16-18-19(6,7)15(2,3)4/h8-11H,1-7H3/b16-12+. The second kappa shape index (κ2) is 5.78. The second-order valence-corrected chi connectivity index (χ2v) is 11.0. The molecule has 19 heavy (non-hydrogen) atoms. The van der Waals surface area contributed by atoms with Crippen LogP contribution in [0, 0.1) is 0 Å². The Hall–Kier alpha value is -1.29. The van der Waals surface area contributed by atoms with E-state index in [4.69, 9.17) is 9.26 Å². The molecule has 106 valence electrons. The molecule has 0 heterocycles. The van der Waals surface area contributed by atoms with Crippen molar-refractivity contribution in [1.82, 2.24) is 0 Å². The van der Waals surface area contributed by atoms with Gasteiger partial charge < -0.3 is 9.26 Å². The molecule has 1 aromatic carbocycles. The van der Waals surface area contributed by atoms with Crippen LogP contribution in [0.3, 0.4) is 0 Å². The number of methoxy groups -OCH3 is 1. The van der Waals surface area contributed by atoms with Crippen molar-refractivity contribution in [1.29, 1.82) is 0 Å². The summed E-state index contributed by atoms with van der Waals surface area (Å²) in [6, 6.07) is 7.85. The maximum Gasteiger partial charge on any atom is 0.286 e. The van der Waals surface area contributed by atoms with Gasteiger partial charge in [0, 0.05) is 0 Å². The van der Waals surface area contributed by atoms with Crippen molar-refractivity contribution < 1.29 is 9.26 Å². The molecule has 0 radical (unpaired) electrons. The van der Waals surface area contributed by atoms with Crippen molar-refractivity contribution in [2.45, 2.75) is 45.8 Å². The molecule has 0 unspecified atom stereocenters. The SMILES string of the molecule is COc1ccc(/C(C)=N/O[Si](C)(C)C(C)(C)C)cc1. The number of rotatable bonds is 4. The first-order valence-electron chi connectivity index (χ1n) is 6.54. The van der Waals surface area contributed by atoms with E-state index in [1.807, 2.05) is 31.2 Å². The molecule has 0 spiro atoms. The third-order valence-electron chi connectivity index (χ3n) is 3.72. The highest BCUT2D eigenvalue weighted by atomic mass is 28.4. The lowest BCUT2D eigenvalue weighted by atomic mass is 10.1. The number of hydrogen-bond acceptors (Lipinski definition) is 3. The summed E-state index contributed by atoms with van der Waals surface area (Å²) >= 11 is 0. The Balaban J connectivity index is 2.82. The van der Waals surface area contributed by atoms with Crippen molar-refractivity contribution in [2.75, 3.05) is 7.11 Å². The lowest BCUT2D eigenvalue weighted by molar-refractivity contribution is 0.308. The second-order valence-electron chi connectivity index (χ2n) is 6.26. The normalized spacial score (nSPS) is 13.3. The number of nitrogens with zero attached hydrogens (tertiary/aromatic N) is 1. The van der Waals surface area contributed by atoms with E-state index in [-0.39, 0.29) is 5.04 Å². The third-order valence-corrected chi connectivity index (χ3v) is 7.88. The quantitative estimate of drug-likeness (QED) is 0.463. The molecule has 0 saturated carbocycles. The summed E-state index contributed by atoms with van der Waals surface area (Å²) in [7, 11) is -0.167. The Bertz CT molecular complexity index is 444. The van der Waals surface area contributed by atoms with Gasteiger partial charge >= 0.3 is 0 Å². The molecule has 0 aliphatic heterocycles. The van der Waals surface area contributed by atoms with Crippen LogP contribution in [0.15, 0.2) is 29.4 Å². The van der Waals surface area contributed by atoms with E-state index in [9.17, 15) is 0 Å². The molecule has 0 aromatic heterocycles. The van der Waals surface area contributed by atoms with E-state index in [2.05, 4.69) is 39.0 Å². The first-order chi connectivity index (χ1) is 8.67. The van der Waals surface area contributed by atoms with Crippen LogP contribution in [0.4, 0.5) is 0 Å². The molecule has 0 N–H and O–H groups in total. The summed E-state index contributed by atoms with van der Waals surface area (Å²) in [6.45, 7) is 13.0. The Labute approximate surface area is 117 Å². The predicted octanol–water partition coefficient (Wildman–Crippen LogP) is 4.44. The van der Waals surface area contributed by atoms with Gasteiger partial charge in [0.1, 0.15) is 5.75 Å². The minimum Gasteiger partial charge on any atom is -0.497 e. The largest absolute Gasteiger partial charge is 0.497 e. The van der Waals surface area contributed by atoms with Crippen LogP contribution in [0.25, 0.3) is 0 Å². The minimum absolute atomic E-state index is 0.163. The van der Waals surface area contributed by atoms with Gasteiger partial charge in [-0.05, 0) is 54.9 Å². The average Bonchev–Trinajstić information content (AvgIpc) is 2.35.